The van der Waals surface area contributed by atoms with Gasteiger partial charge in [-0.05, 0) is 24.6 Å². The number of carbonyl (C=O) groups excluding carboxylic acids is 1. The van der Waals surface area contributed by atoms with E-state index < -0.39 is 0 Å². The maximum Gasteiger partial charge on any atom is 0.315 e. The quantitative estimate of drug-likeness (QED) is 0.786. The lowest BCUT2D eigenvalue weighted by molar-refractivity contribution is 0.171. The van der Waals surface area contributed by atoms with E-state index in [1.54, 1.807) is 7.11 Å². The summed E-state index contributed by atoms with van der Waals surface area (Å²) in [4.78, 5) is 14.0. The number of rotatable bonds is 6. The van der Waals surface area contributed by atoms with E-state index >= 15 is 0 Å². The Balaban J connectivity index is 1.76. The third-order valence-corrected chi connectivity index (χ3v) is 3.37. The van der Waals surface area contributed by atoms with Crippen molar-refractivity contribution in [3.05, 3.63) is 42.0 Å². The summed E-state index contributed by atoms with van der Waals surface area (Å²) in [6.45, 7) is 4.87. The molecule has 0 fully saturated rings. The lowest BCUT2D eigenvalue weighted by Gasteiger charge is -2.18. The van der Waals surface area contributed by atoms with Gasteiger partial charge >= 0.3 is 6.03 Å². The predicted octanol–water partition coefficient (Wildman–Crippen LogP) is 1.90. The minimum Gasteiger partial charge on any atom is -0.383 e. The van der Waals surface area contributed by atoms with Gasteiger partial charge in [-0.1, -0.05) is 24.3 Å². The topological polar surface area (TPSA) is 53.6 Å². The van der Waals surface area contributed by atoms with Crippen LogP contribution in [-0.4, -0.2) is 38.9 Å². The summed E-state index contributed by atoms with van der Waals surface area (Å²) in [6.07, 6.45) is 4.34. The average molecular weight is 289 g/mol. The van der Waals surface area contributed by atoms with Crippen molar-refractivity contribution in [3.8, 4) is 0 Å². The van der Waals surface area contributed by atoms with Gasteiger partial charge < -0.3 is 20.3 Å². The van der Waals surface area contributed by atoms with Crippen LogP contribution in [0.15, 0.2) is 36.4 Å². The summed E-state index contributed by atoms with van der Waals surface area (Å²) >= 11 is 0. The fourth-order valence-corrected chi connectivity index (χ4v) is 2.26. The molecule has 1 aliphatic rings. The van der Waals surface area contributed by atoms with Crippen molar-refractivity contribution < 1.29 is 9.53 Å². The van der Waals surface area contributed by atoms with Crippen LogP contribution in [0.25, 0.3) is 0 Å². The average Bonchev–Trinajstić information content (AvgIpc) is 3.00. The summed E-state index contributed by atoms with van der Waals surface area (Å²) in [5.41, 5.74) is 2.29. The Morgan fingerprint density at radius 3 is 2.57 bits per heavy atom. The van der Waals surface area contributed by atoms with Crippen molar-refractivity contribution >= 4 is 11.7 Å². The number of ether oxygens (including phenoxy) is 1. The maximum absolute atomic E-state index is 11.7. The molecular weight excluding hydrogens is 266 g/mol. The number of amides is 2. The van der Waals surface area contributed by atoms with Crippen LogP contribution >= 0.6 is 0 Å². The predicted molar refractivity (Wildman–Crippen MR) is 84.5 cm³/mol. The highest BCUT2D eigenvalue weighted by atomic mass is 16.5. The van der Waals surface area contributed by atoms with E-state index in [2.05, 4.69) is 39.8 Å². The van der Waals surface area contributed by atoms with E-state index in [1.807, 2.05) is 19.1 Å². The zero-order chi connectivity index (χ0) is 15.1. The van der Waals surface area contributed by atoms with E-state index in [0.717, 1.165) is 18.7 Å². The van der Waals surface area contributed by atoms with E-state index in [-0.39, 0.29) is 12.1 Å². The molecule has 2 rings (SSSR count). The number of nitrogens with zero attached hydrogens (tertiary/aromatic N) is 1. The first-order valence-corrected chi connectivity index (χ1v) is 7.21. The maximum atomic E-state index is 11.7. The minimum absolute atomic E-state index is 0.0000394. The van der Waals surface area contributed by atoms with E-state index in [1.165, 1.54) is 5.69 Å². The van der Waals surface area contributed by atoms with E-state index in [4.69, 9.17) is 4.74 Å². The van der Waals surface area contributed by atoms with Crippen molar-refractivity contribution in [2.45, 2.75) is 19.5 Å². The van der Waals surface area contributed by atoms with Crippen molar-refractivity contribution in [2.24, 2.45) is 0 Å². The van der Waals surface area contributed by atoms with Gasteiger partial charge in [-0.2, -0.15) is 0 Å². The van der Waals surface area contributed by atoms with Crippen molar-refractivity contribution in [1.82, 2.24) is 10.6 Å². The third-order valence-electron chi connectivity index (χ3n) is 3.37. The van der Waals surface area contributed by atoms with Gasteiger partial charge in [0.2, 0.25) is 0 Å². The Morgan fingerprint density at radius 2 is 1.95 bits per heavy atom. The first-order valence-electron chi connectivity index (χ1n) is 7.21. The minimum atomic E-state index is -0.174. The number of urea groups is 1. The standard InChI is InChI=1S/C16H23N3O2/c1-13(12-21-2)18-16(20)17-11-14-5-7-15(8-6-14)19-9-3-4-10-19/h3-8,13H,9-12H2,1-2H3,(H2,17,18,20)/t13-/m1/s1. The largest absolute Gasteiger partial charge is 0.383 e. The Kier molecular flexibility index (Phi) is 5.63. The molecule has 1 aliphatic heterocycles. The van der Waals surface area contributed by atoms with Gasteiger partial charge in [-0.15, -0.1) is 0 Å². The molecule has 1 aromatic rings. The van der Waals surface area contributed by atoms with Crippen LogP contribution < -0.4 is 15.5 Å². The van der Waals surface area contributed by atoms with Crippen LogP contribution in [0.2, 0.25) is 0 Å². The highest BCUT2D eigenvalue weighted by Crippen LogP contribution is 2.17. The molecule has 5 heteroatoms. The van der Waals surface area contributed by atoms with Gasteiger partial charge in [-0.25, -0.2) is 4.79 Å². The molecule has 0 saturated heterocycles. The number of anilines is 1. The normalized spacial score (nSPS) is 15.0. The Hall–Kier alpha value is -2.01. The molecule has 1 heterocycles. The molecule has 0 radical (unpaired) electrons. The van der Waals surface area contributed by atoms with Crippen molar-refractivity contribution in [1.29, 1.82) is 0 Å². The molecule has 2 amide bonds. The van der Waals surface area contributed by atoms with Gasteiger partial charge in [0.1, 0.15) is 0 Å². The Labute approximate surface area is 126 Å². The monoisotopic (exact) mass is 289 g/mol. The van der Waals surface area contributed by atoms with Gasteiger partial charge in [0, 0.05) is 32.4 Å². The molecule has 1 aromatic carbocycles. The van der Waals surface area contributed by atoms with Gasteiger partial charge in [0.25, 0.3) is 0 Å². The molecule has 2 N–H and O–H groups in total. The molecular formula is C16H23N3O2. The first kappa shape index (κ1) is 15.4. The second-order valence-corrected chi connectivity index (χ2v) is 5.23. The number of methoxy groups -OCH3 is 1. The summed E-state index contributed by atoms with van der Waals surface area (Å²) < 4.78 is 4.98. The summed E-state index contributed by atoms with van der Waals surface area (Å²) in [5.74, 6) is 0. The third kappa shape index (κ3) is 4.79. The lowest BCUT2D eigenvalue weighted by atomic mass is 10.2. The lowest BCUT2D eigenvalue weighted by Crippen LogP contribution is -2.42. The second-order valence-electron chi connectivity index (χ2n) is 5.23. The Bertz CT molecular complexity index is 477. The summed E-state index contributed by atoms with van der Waals surface area (Å²) in [5, 5.41) is 5.66. The van der Waals surface area contributed by atoms with Crippen LogP contribution in [0.4, 0.5) is 10.5 Å². The van der Waals surface area contributed by atoms with Crippen LogP contribution in [0.5, 0.6) is 0 Å². The van der Waals surface area contributed by atoms with Gasteiger partial charge in [-0.3, -0.25) is 0 Å². The molecule has 114 valence electrons. The molecule has 0 unspecified atom stereocenters. The van der Waals surface area contributed by atoms with Gasteiger partial charge in [0.15, 0.2) is 0 Å². The number of benzene rings is 1. The van der Waals surface area contributed by atoms with Gasteiger partial charge in [0.05, 0.1) is 12.6 Å². The summed E-state index contributed by atoms with van der Waals surface area (Å²) in [7, 11) is 1.62. The molecule has 0 saturated carbocycles. The molecule has 0 spiro atoms. The number of nitrogens with one attached hydrogen (secondary N) is 2. The summed E-state index contributed by atoms with van der Waals surface area (Å²) in [6, 6.07) is 8.11. The first-order chi connectivity index (χ1) is 10.2. The number of hydrogen-bond donors (Lipinski definition) is 2. The van der Waals surface area contributed by atoms with E-state index in [9.17, 15) is 4.79 Å². The fraction of sp³-hybridized carbons (Fsp3) is 0.438. The molecule has 21 heavy (non-hydrogen) atoms. The van der Waals surface area contributed by atoms with Crippen LogP contribution in [0.1, 0.15) is 12.5 Å². The van der Waals surface area contributed by atoms with Crippen molar-refractivity contribution in [2.75, 3.05) is 31.7 Å². The van der Waals surface area contributed by atoms with E-state index in [0.29, 0.717) is 13.2 Å². The number of carbonyl (C=O) groups is 1. The fourth-order valence-electron chi connectivity index (χ4n) is 2.26. The van der Waals surface area contributed by atoms with Crippen LogP contribution in [0.3, 0.4) is 0 Å². The molecule has 0 bridgehead atoms. The molecule has 0 aliphatic carbocycles. The zero-order valence-corrected chi connectivity index (χ0v) is 12.6. The molecule has 5 nitrogen and oxygen atoms in total. The molecule has 1 atom stereocenters. The smallest absolute Gasteiger partial charge is 0.315 e. The SMILES string of the molecule is COC[C@@H](C)NC(=O)NCc1ccc(N2CC=CC2)cc1. The Morgan fingerprint density at radius 1 is 1.29 bits per heavy atom. The zero-order valence-electron chi connectivity index (χ0n) is 12.6. The molecule has 0 aromatic heterocycles. The highest BCUT2D eigenvalue weighted by molar-refractivity contribution is 5.74. The number of hydrogen-bond acceptors (Lipinski definition) is 3. The highest BCUT2D eigenvalue weighted by Gasteiger charge is 2.08. The second kappa shape index (κ2) is 7.69. The van der Waals surface area contributed by atoms with Crippen LogP contribution in [-0.2, 0) is 11.3 Å². The van der Waals surface area contributed by atoms with Crippen molar-refractivity contribution in [3.63, 3.8) is 0 Å². The van der Waals surface area contributed by atoms with Crippen LogP contribution in [0, 0.1) is 0 Å².